The zero-order valence-electron chi connectivity index (χ0n) is 12.5. The number of rotatable bonds is 5. The van der Waals surface area contributed by atoms with Gasteiger partial charge in [-0.3, -0.25) is 0 Å². The number of carbonyl (C=O) groups is 1. The zero-order chi connectivity index (χ0) is 14.5. The predicted molar refractivity (Wildman–Crippen MR) is 75.0 cm³/mol. The van der Waals surface area contributed by atoms with Crippen LogP contribution in [0.4, 0.5) is 4.79 Å². The SMILES string of the molecule is C[C@H](NC(=O)N[C@H](CCO)C(C)(C)C)[C@@H]1CCOC1. The Morgan fingerprint density at radius 1 is 1.42 bits per heavy atom. The molecule has 0 bridgehead atoms. The number of amides is 2. The Kier molecular flexibility index (Phi) is 6.07. The smallest absolute Gasteiger partial charge is 0.315 e. The third-order valence-electron chi connectivity index (χ3n) is 3.80. The lowest BCUT2D eigenvalue weighted by Gasteiger charge is -2.32. The van der Waals surface area contributed by atoms with Crippen LogP contribution in [0.1, 0.15) is 40.5 Å². The van der Waals surface area contributed by atoms with E-state index in [1.165, 1.54) is 0 Å². The first-order valence-corrected chi connectivity index (χ1v) is 7.10. The van der Waals surface area contributed by atoms with Crippen molar-refractivity contribution in [2.24, 2.45) is 11.3 Å². The highest BCUT2D eigenvalue weighted by Gasteiger charge is 2.28. The number of nitrogens with one attached hydrogen (secondary N) is 2. The fraction of sp³-hybridized carbons (Fsp3) is 0.929. The van der Waals surface area contributed by atoms with Gasteiger partial charge in [-0.25, -0.2) is 4.79 Å². The quantitative estimate of drug-likeness (QED) is 0.710. The van der Waals surface area contributed by atoms with Crippen LogP contribution in [0.5, 0.6) is 0 Å². The molecule has 112 valence electrons. The number of aliphatic hydroxyl groups is 1. The van der Waals surface area contributed by atoms with Gasteiger partial charge in [0.2, 0.25) is 0 Å². The van der Waals surface area contributed by atoms with Crippen molar-refractivity contribution in [3.05, 3.63) is 0 Å². The lowest BCUT2D eigenvalue weighted by atomic mass is 9.85. The third kappa shape index (κ3) is 5.37. The molecule has 5 nitrogen and oxygen atoms in total. The molecule has 1 heterocycles. The van der Waals surface area contributed by atoms with Gasteiger partial charge in [-0.05, 0) is 25.2 Å². The van der Waals surface area contributed by atoms with Crippen molar-refractivity contribution in [3.63, 3.8) is 0 Å². The molecular formula is C14H28N2O3. The first-order chi connectivity index (χ1) is 8.84. The van der Waals surface area contributed by atoms with Crippen molar-refractivity contribution in [2.45, 2.75) is 52.6 Å². The van der Waals surface area contributed by atoms with Crippen molar-refractivity contribution in [3.8, 4) is 0 Å². The fourth-order valence-corrected chi connectivity index (χ4v) is 2.32. The Hall–Kier alpha value is -0.810. The number of urea groups is 1. The predicted octanol–water partition coefficient (Wildman–Crippen LogP) is 1.51. The molecule has 3 N–H and O–H groups in total. The lowest BCUT2D eigenvalue weighted by molar-refractivity contribution is 0.173. The molecule has 3 atom stereocenters. The van der Waals surface area contributed by atoms with E-state index < -0.39 is 0 Å². The van der Waals surface area contributed by atoms with Crippen molar-refractivity contribution >= 4 is 6.03 Å². The van der Waals surface area contributed by atoms with E-state index in [0.29, 0.717) is 12.3 Å². The number of hydrogen-bond acceptors (Lipinski definition) is 3. The van der Waals surface area contributed by atoms with Crippen LogP contribution < -0.4 is 10.6 Å². The summed E-state index contributed by atoms with van der Waals surface area (Å²) in [4.78, 5) is 12.0. The van der Waals surface area contributed by atoms with E-state index in [1.54, 1.807) is 0 Å². The first kappa shape index (κ1) is 16.2. The molecule has 1 rings (SSSR count). The van der Waals surface area contributed by atoms with Crippen LogP contribution in [-0.4, -0.2) is 43.0 Å². The highest BCUT2D eigenvalue weighted by atomic mass is 16.5. The molecule has 0 unspecified atom stereocenters. The average Bonchev–Trinajstić information content (AvgIpc) is 2.80. The molecule has 0 aliphatic carbocycles. The van der Waals surface area contributed by atoms with Gasteiger partial charge in [0.05, 0.1) is 6.61 Å². The van der Waals surface area contributed by atoms with Gasteiger partial charge in [0.1, 0.15) is 0 Å². The van der Waals surface area contributed by atoms with Gasteiger partial charge >= 0.3 is 6.03 Å². The molecule has 19 heavy (non-hydrogen) atoms. The molecule has 1 saturated heterocycles. The maximum absolute atomic E-state index is 12.0. The molecule has 1 fully saturated rings. The van der Waals surface area contributed by atoms with E-state index in [1.807, 2.05) is 6.92 Å². The average molecular weight is 272 g/mol. The summed E-state index contributed by atoms with van der Waals surface area (Å²) < 4.78 is 5.33. The minimum atomic E-state index is -0.159. The van der Waals surface area contributed by atoms with Crippen LogP contribution in [0.3, 0.4) is 0 Å². The van der Waals surface area contributed by atoms with Crippen LogP contribution in [-0.2, 0) is 4.74 Å². The second-order valence-corrected chi connectivity index (χ2v) is 6.46. The molecule has 1 aliphatic heterocycles. The molecule has 1 aliphatic rings. The van der Waals surface area contributed by atoms with E-state index in [2.05, 4.69) is 31.4 Å². The van der Waals surface area contributed by atoms with Crippen molar-refractivity contribution in [1.82, 2.24) is 10.6 Å². The molecule has 0 aromatic carbocycles. The Morgan fingerprint density at radius 3 is 2.58 bits per heavy atom. The molecular weight excluding hydrogens is 244 g/mol. The molecule has 0 aromatic rings. The van der Waals surface area contributed by atoms with E-state index in [0.717, 1.165) is 19.6 Å². The van der Waals surface area contributed by atoms with Crippen LogP contribution >= 0.6 is 0 Å². The Balaban J connectivity index is 2.43. The second-order valence-electron chi connectivity index (χ2n) is 6.46. The Morgan fingerprint density at radius 2 is 2.11 bits per heavy atom. The van der Waals surface area contributed by atoms with E-state index >= 15 is 0 Å². The molecule has 0 saturated carbocycles. The first-order valence-electron chi connectivity index (χ1n) is 7.10. The van der Waals surface area contributed by atoms with Crippen LogP contribution in [0.2, 0.25) is 0 Å². The summed E-state index contributed by atoms with van der Waals surface area (Å²) in [5.41, 5.74) is -0.0697. The van der Waals surface area contributed by atoms with Gasteiger partial charge in [0, 0.05) is 31.2 Å². The second kappa shape index (κ2) is 7.10. The summed E-state index contributed by atoms with van der Waals surface area (Å²) in [5, 5.41) is 15.0. The summed E-state index contributed by atoms with van der Waals surface area (Å²) in [6.45, 7) is 9.77. The van der Waals surface area contributed by atoms with Crippen molar-refractivity contribution < 1.29 is 14.6 Å². The van der Waals surface area contributed by atoms with Gasteiger partial charge in [0.15, 0.2) is 0 Å². The summed E-state index contributed by atoms with van der Waals surface area (Å²) >= 11 is 0. The van der Waals surface area contributed by atoms with Crippen LogP contribution in [0.15, 0.2) is 0 Å². The lowest BCUT2D eigenvalue weighted by Crippen LogP contribution is -2.51. The number of hydrogen-bond donors (Lipinski definition) is 3. The van der Waals surface area contributed by atoms with Crippen LogP contribution in [0, 0.1) is 11.3 Å². The number of carbonyl (C=O) groups excluding carboxylic acids is 1. The fourth-order valence-electron chi connectivity index (χ4n) is 2.32. The topological polar surface area (TPSA) is 70.6 Å². The van der Waals surface area contributed by atoms with Gasteiger partial charge in [-0.1, -0.05) is 20.8 Å². The number of ether oxygens (including phenoxy) is 1. The maximum Gasteiger partial charge on any atom is 0.315 e. The van der Waals surface area contributed by atoms with Crippen molar-refractivity contribution in [2.75, 3.05) is 19.8 Å². The molecule has 0 spiro atoms. The Labute approximate surface area is 116 Å². The summed E-state index contributed by atoms with van der Waals surface area (Å²) in [5.74, 6) is 0.400. The van der Waals surface area contributed by atoms with Gasteiger partial charge in [0.25, 0.3) is 0 Å². The van der Waals surface area contributed by atoms with E-state index in [9.17, 15) is 4.79 Å². The highest BCUT2D eigenvalue weighted by molar-refractivity contribution is 5.74. The van der Waals surface area contributed by atoms with Gasteiger partial charge < -0.3 is 20.5 Å². The standard InChI is InChI=1S/C14H28N2O3/c1-10(11-6-8-19-9-11)15-13(18)16-12(5-7-17)14(2,3)4/h10-12,17H,5-9H2,1-4H3,(H2,15,16,18)/t10-,11+,12+/m0/s1. The summed E-state index contributed by atoms with van der Waals surface area (Å²) in [6.07, 6.45) is 1.57. The van der Waals surface area contributed by atoms with Gasteiger partial charge in [-0.2, -0.15) is 0 Å². The molecule has 0 radical (unpaired) electrons. The summed E-state index contributed by atoms with van der Waals surface area (Å²) in [6, 6.07) is -0.0884. The molecule has 2 amide bonds. The maximum atomic E-state index is 12.0. The molecule has 5 heteroatoms. The Bertz CT molecular complexity index is 283. The minimum Gasteiger partial charge on any atom is -0.396 e. The molecule has 0 aromatic heterocycles. The minimum absolute atomic E-state index is 0.0375. The number of aliphatic hydroxyl groups excluding tert-OH is 1. The highest BCUT2D eigenvalue weighted by Crippen LogP contribution is 2.21. The van der Waals surface area contributed by atoms with E-state index in [4.69, 9.17) is 9.84 Å². The monoisotopic (exact) mass is 272 g/mol. The van der Waals surface area contributed by atoms with E-state index in [-0.39, 0.29) is 30.1 Å². The zero-order valence-corrected chi connectivity index (χ0v) is 12.5. The van der Waals surface area contributed by atoms with Crippen molar-refractivity contribution in [1.29, 1.82) is 0 Å². The van der Waals surface area contributed by atoms with Crippen LogP contribution in [0.25, 0.3) is 0 Å². The third-order valence-corrected chi connectivity index (χ3v) is 3.80. The van der Waals surface area contributed by atoms with Gasteiger partial charge in [-0.15, -0.1) is 0 Å². The largest absolute Gasteiger partial charge is 0.396 e. The summed E-state index contributed by atoms with van der Waals surface area (Å²) in [7, 11) is 0. The normalized spacial score (nSPS) is 22.9.